The summed E-state index contributed by atoms with van der Waals surface area (Å²) in [6.07, 6.45) is 1.02. The number of halogens is 2. The van der Waals surface area contributed by atoms with Crippen molar-refractivity contribution in [1.29, 1.82) is 0 Å². The van der Waals surface area contributed by atoms with Crippen LogP contribution >= 0.6 is 0 Å². The monoisotopic (exact) mass is 136 g/mol. The van der Waals surface area contributed by atoms with Crippen LogP contribution in [0.3, 0.4) is 0 Å². The molecule has 0 saturated heterocycles. The van der Waals surface area contributed by atoms with Crippen LogP contribution in [0.4, 0.5) is 8.78 Å². The van der Waals surface area contributed by atoms with Gasteiger partial charge in [-0.05, 0) is 12.8 Å². The van der Waals surface area contributed by atoms with Crippen molar-refractivity contribution in [3.8, 4) is 0 Å². The third-order valence-electron chi connectivity index (χ3n) is 1.67. The average Bonchev–Trinajstić information content (AvgIpc) is 2.35. The predicted molar refractivity (Wildman–Crippen MR) is 29.4 cm³/mol. The number of alkyl halides is 2. The van der Waals surface area contributed by atoms with Gasteiger partial charge in [0.2, 0.25) is 0 Å². The molecule has 1 saturated carbocycles. The fourth-order valence-corrected chi connectivity index (χ4v) is 0.921. The van der Waals surface area contributed by atoms with Crippen molar-refractivity contribution in [2.75, 3.05) is 6.61 Å². The van der Waals surface area contributed by atoms with Crippen molar-refractivity contribution in [3.05, 3.63) is 0 Å². The Bertz CT molecular complexity index is 103. The molecule has 1 aliphatic carbocycles. The zero-order valence-electron chi connectivity index (χ0n) is 5.11. The van der Waals surface area contributed by atoms with Gasteiger partial charge in [-0.2, -0.15) is 0 Å². The standard InChI is InChI=1S/C6H10F2O/c7-6(8)4-5(6)2-1-3-9/h5,9H,1-4H2/t5-/m1/s1. The SMILES string of the molecule is OCCC[C@@H]1CC1(F)F. The molecule has 1 nitrogen and oxygen atoms in total. The summed E-state index contributed by atoms with van der Waals surface area (Å²) >= 11 is 0. The van der Waals surface area contributed by atoms with Gasteiger partial charge in [-0.25, -0.2) is 8.78 Å². The fraction of sp³-hybridized carbons (Fsp3) is 1.00. The van der Waals surface area contributed by atoms with Crippen LogP contribution in [0.2, 0.25) is 0 Å². The molecule has 3 heteroatoms. The highest BCUT2D eigenvalue weighted by molar-refractivity contribution is 4.94. The minimum Gasteiger partial charge on any atom is -0.396 e. The Hall–Kier alpha value is -0.180. The van der Waals surface area contributed by atoms with E-state index in [4.69, 9.17) is 5.11 Å². The third kappa shape index (κ3) is 1.61. The van der Waals surface area contributed by atoms with Gasteiger partial charge in [0.15, 0.2) is 0 Å². The van der Waals surface area contributed by atoms with Crippen molar-refractivity contribution in [2.45, 2.75) is 25.2 Å². The van der Waals surface area contributed by atoms with E-state index in [9.17, 15) is 8.78 Å². The van der Waals surface area contributed by atoms with Crippen LogP contribution in [0.5, 0.6) is 0 Å². The van der Waals surface area contributed by atoms with Gasteiger partial charge in [0.25, 0.3) is 5.92 Å². The quantitative estimate of drug-likeness (QED) is 0.622. The first-order valence-corrected chi connectivity index (χ1v) is 3.15. The molecule has 9 heavy (non-hydrogen) atoms. The van der Waals surface area contributed by atoms with Gasteiger partial charge in [-0.15, -0.1) is 0 Å². The van der Waals surface area contributed by atoms with Crippen LogP contribution < -0.4 is 0 Å². The lowest BCUT2D eigenvalue weighted by atomic mass is 10.2. The van der Waals surface area contributed by atoms with Crippen molar-refractivity contribution in [2.24, 2.45) is 5.92 Å². The van der Waals surface area contributed by atoms with E-state index in [0.717, 1.165) is 0 Å². The summed E-state index contributed by atoms with van der Waals surface area (Å²) in [5.41, 5.74) is 0. The molecule has 0 aliphatic heterocycles. The van der Waals surface area contributed by atoms with Gasteiger partial charge in [0.05, 0.1) is 0 Å². The number of hydrogen-bond acceptors (Lipinski definition) is 1. The van der Waals surface area contributed by atoms with Gasteiger partial charge in [0.1, 0.15) is 0 Å². The maximum absolute atomic E-state index is 12.0. The van der Waals surface area contributed by atoms with E-state index in [1.165, 1.54) is 0 Å². The zero-order valence-corrected chi connectivity index (χ0v) is 5.11. The number of aliphatic hydroxyl groups is 1. The summed E-state index contributed by atoms with van der Waals surface area (Å²) in [4.78, 5) is 0. The van der Waals surface area contributed by atoms with Crippen LogP contribution in [0.15, 0.2) is 0 Å². The summed E-state index contributed by atoms with van der Waals surface area (Å²) in [6, 6.07) is 0. The van der Waals surface area contributed by atoms with Crippen LogP contribution in [0.25, 0.3) is 0 Å². The second kappa shape index (κ2) is 2.21. The maximum Gasteiger partial charge on any atom is 0.251 e. The number of rotatable bonds is 3. The molecule has 1 rings (SSSR count). The molecule has 0 aromatic rings. The smallest absolute Gasteiger partial charge is 0.251 e. The molecular formula is C6H10F2O. The van der Waals surface area contributed by atoms with Crippen LogP contribution in [-0.2, 0) is 0 Å². The van der Waals surface area contributed by atoms with Crippen molar-refractivity contribution in [1.82, 2.24) is 0 Å². The Labute approximate surface area is 52.7 Å². The Morgan fingerprint density at radius 1 is 1.56 bits per heavy atom. The summed E-state index contributed by atoms with van der Waals surface area (Å²) in [5.74, 6) is -2.82. The molecule has 1 fully saturated rings. The summed E-state index contributed by atoms with van der Waals surface area (Å²) in [6.45, 7) is 0.0343. The Kier molecular flexibility index (Phi) is 1.70. The van der Waals surface area contributed by atoms with E-state index in [1.54, 1.807) is 0 Å². The van der Waals surface area contributed by atoms with Crippen LogP contribution in [0.1, 0.15) is 19.3 Å². The molecule has 1 aliphatic rings. The zero-order chi connectivity index (χ0) is 6.91. The molecule has 0 aromatic carbocycles. The number of aliphatic hydroxyl groups excluding tert-OH is 1. The molecule has 0 amide bonds. The Morgan fingerprint density at radius 3 is 2.44 bits per heavy atom. The lowest BCUT2D eigenvalue weighted by Gasteiger charge is -1.93. The summed E-state index contributed by atoms with van der Waals surface area (Å²) in [7, 11) is 0. The second-order valence-electron chi connectivity index (χ2n) is 2.53. The minimum absolute atomic E-state index is 0.0343. The minimum atomic E-state index is -2.39. The van der Waals surface area contributed by atoms with E-state index in [0.29, 0.717) is 12.8 Å². The molecule has 0 unspecified atom stereocenters. The molecule has 0 heterocycles. The maximum atomic E-state index is 12.0. The molecular weight excluding hydrogens is 126 g/mol. The predicted octanol–water partition coefficient (Wildman–Crippen LogP) is 1.41. The first-order valence-electron chi connectivity index (χ1n) is 3.15. The van der Waals surface area contributed by atoms with E-state index in [1.807, 2.05) is 0 Å². The van der Waals surface area contributed by atoms with Crippen LogP contribution in [0, 0.1) is 5.92 Å². The highest BCUT2D eigenvalue weighted by Gasteiger charge is 2.55. The molecule has 1 N–H and O–H groups in total. The van der Waals surface area contributed by atoms with E-state index in [2.05, 4.69) is 0 Å². The normalized spacial score (nSPS) is 30.3. The highest BCUT2D eigenvalue weighted by atomic mass is 19.3. The van der Waals surface area contributed by atoms with Crippen molar-refractivity contribution in [3.63, 3.8) is 0 Å². The Morgan fingerprint density at radius 2 is 2.11 bits per heavy atom. The average molecular weight is 136 g/mol. The lowest BCUT2D eigenvalue weighted by molar-refractivity contribution is 0.0952. The first kappa shape index (κ1) is 6.93. The topological polar surface area (TPSA) is 20.2 Å². The lowest BCUT2D eigenvalue weighted by Crippen LogP contribution is -1.94. The van der Waals surface area contributed by atoms with Crippen molar-refractivity contribution < 1.29 is 13.9 Å². The molecule has 0 radical (unpaired) electrons. The Balaban J connectivity index is 2.06. The van der Waals surface area contributed by atoms with Crippen LogP contribution in [-0.4, -0.2) is 17.6 Å². The second-order valence-corrected chi connectivity index (χ2v) is 2.53. The van der Waals surface area contributed by atoms with Crippen molar-refractivity contribution >= 4 is 0 Å². The first-order chi connectivity index (χ1) is 4.17. The van der Waals surface area contributed by atoms with E-state index in [-0.39, 0.29) is 13.0 Å². The van der Waals surface area contributed by atoms with Gasteiger partial charge < -0.3 is 5.11 Å². The fourth-order valence-electron chi connectivity index (χ4n) is 0.921. The number of hydrogen-bond donors (Lipinski definition) is 1. The molecule has 0 bridgehead atoms. The largest absolute Gasteiger partial charge is 0.396 e. The summed E-state index contributed by atoms with van der Waals surface area (Å²) in [5, 5.41) is 8.27. The molecule has 0 spiro atoms. The summed E-state index contributed by atoms with van der Waals surface area (Å²) < 4.78 is 24.1. The van der Waals surface area contributed by atoms with Gasteiger partial charge in [0, 0.05) is 18.9 Å². The molecule has 1 atom stereocenters. The van der Waals surface area contributed by atoms with E-state index >= 15 is 0 Å². The van der Waals surface area contributed by atoms with Gasteiger partial charge in [-0.3, -0.25) is 0 Å². The van der Waals surface area contributed by atoms with E-state index < -0.39 is 11.8 Å². The third-order valence-corrected chi connectivity index (χ3v) is 1.67. The molecule has 54 valence electrons. The van der Waals surface area contributed by atoms with Gasteiger partial charge >= 0.3 is 0 Å². The van der Waals surface area contributed by atoms with Gasteiger partial charge in [-0.1, -0.05) is 0 Å². The highest BCUT2D eigenvalue weighted by Crippen LogP contribution is 2.50. The molecule has 0 aromatic heterocycles.